The van der Waals surface area contributed by atoms with Crippen LogP contribution in [0.4, 0.5) is 0 Å². The van der Waals surface area contributed by atoms with Gasteiger partial charge in [-0.3, -0.25) is 0 Å². The lowest BCUT2D eigenvalue weighted by molar-refractivity contribution is 1.45. The first-order valence-electron chi connectivity index (χ1n) is 4.50. The number of hydrogen-bond donors (Lipinski definition) is 0. The van der Waals surface area contributed by atoms with Crippen LogP contribution in [-0.4, -0.2) is 0 Å². The quantitative estimate of drug-likeness (QED) is 0.565. The van der Waals surface area contributed by atoms with Crippen molar-refractivity contribution in [3.8, 4) is 0 Å². The highest BCUT2D eigenvalue weighted by molar-refractivity contribution is 5.89. The van der Waals surface area contributed by atoms with Crippen LogP contribution in [0.1, 0.15) is 16.7 Å². The van der Waals surface area contributed by atoms with Gasteiger partial charge >= 0.3 is 0 Å². The minimum absolute atomic E-state index is 1.13. The van der Waals surface area contributed by atoms with E-state index in [1.165, 1.54) is 21.9 Å². The van der Waals surface area contributed by atoms with E-state index in [0.717, 1.165) is 5.56 Å². The van der Waals surface area contributed by atoms with Crippen LogP contribution < -0.4 is 0 Å². The molecule has 0 atom stereocenters. The molecule has 0 heterocycles. The summed E-state index contributed by atoms with van der Waals surface area (Å²) in [6, 6.07) is 10.7. The van der Waals surface area contributed by atoms with Gasteiger partial charge in [0.05, 0.1) is 0 Å². The van der Waals surface area contributed by atoms with Gasteiger partial charge in [-0.1, -0.05) is 35.9 Å². The molecule has 0 amide bonds. The molecule has 0 nitrogen and oxygen atoms in total. The Morgan fingerprint density at radius 1 is 1.08 bits per heavy atom. The Hall–Kier alpha value is -1.30. The molecule has 0 saturated heterocycles. The van der Waals surface area contributed by atoms with Gasteiger partial charge in [-0.25, -0.2) is 0 Å². The van der Waals surface area contributed by atoms with E-state index in [9.17, 15) is 0 Å². The van der Waals surface area contributed by atoms with Crippen molar-refractivity contribution in [3.63, 3.8) is 0 Å². The van der Waals surface area contributed by atoms with Gasteiger partial charge in [-0.15, -0.1) is 0 Å². The van der Waals surface area contributed by atoms with Crippen LogP contribution >= 0.6 is 0 Å². The highest BCUT2D eigenvalue weighted by Gasteiger charge is 2.00. The lowest BCUT2D eigenvalue weighted by Gasteiger charge is -2.06. The van der Waals surface area contributed by atoms with Crippen molar-refractivity contribution in [2.45, 2.75) is 13.8 Å². The van der Waals surface area contributed by atoms with E-state index < -0.39 is 0 Å². The topological polar surface area (TPSA) is 0 Å². The molecule has 1 radical (unpaired) electrons. The number of rotatable bonds is 0. The van der Waals surface area contributed by atoms with Gasteiger partial charge in [0.2, 0.25) is 0 Å². The average Bonchev–Trinajstić information content (AvgIpc) is 2.02. The van der Waals surface area contributed by atoms with E-state index in [2.05, 4.69) is 51.1 Å². The first-order valence-corrected chi connectivity index (χ1v) is 4.50. The van der Waals surface area contributed by atoms with E-state index in [0.29, 0.717) is 0 Å². The predicted molar refractivity (Wildman–Crippen MR) is 57.9 cm³/mol. The molecule has 0 bridgehead atoms. The molecule has 0 aliphatic rings. The third-order valence-corrected chi connectivity index (χ3v) is 2.41. The summed E-state index contributed by atoms with van der Waals surface area (Å²) in [5.41, 5.74) is 3.72. The van der Waals surface area contributed by atoms with Crippen molar-refractivity contribution in [2.75, 3.05) is 0 Å². The Labute approximate surface area is 79.2 Å². The van der Waals surface area contributed by atoms with Crippen molar-refractivity contribution in [2.24, 2.45) is 0 Å². The highest BCUT2D eigenvalue weighted by atomic mass is 14.0. The minimum atomic E-state index is 1.13. The predicted octanol–water partition coefficient (Wildman–Crippen LogP) is 3.64. The Morgan fingerprint density at radius 2 is 1.85 bits per heavy atom. The maximum absolute atomic E-state index is 4.07. The molecule has 0 spiro atoms. The van der Waals surface area contributed by atoms with Gasteiger partial charge in [0.25, 0.3) is 0 Å². The molecule has 13 heavy (non-hydrogen) atoms. The van der Waals surface area contributed by atoms with Crippen LogP contribution in [-0.2, 0) is 0 Å². The molecular formula is C13H13. The lowest BCUT2D eigenvalue weighted by Crippen LogP contribution is -1.84. The SMILES string of the molecule is [CH2]c1cc(C)cc2cccc(C)c12. The molecule has 0 unspecified atom stereocenters. The lowest BCUT2D eigenvalue weighted by atomic mass is 9.99. The Bertz CT molecular complexity index is 453. The molecular weight excluding hydrogens is 156 g/mol. The first kappa shape index (κ1) is 8.31. The number of benzene rings is 2. The van der Waals surface area contributed by atoms with E-state index in [-0.39, 0.29) is 0 Å². The number of aryl methyl sites for hydroxylation is 2. The molecule has 2 rings (SSSR count). The van der Waals surface area contributed by atoms with E-state index >= 15 is 0 Å². The van der Waals surface area contributed by atoms with Gasteiger partial charge < -0.3 is 0 Å². The molecule has 65 valence electrons. The smallest absolute Gasteiger partial charge is 0.0122 e. The maximum Gasteiger partial charge on any atom is -0.0122 e. The van der Waals surface area contributed by atoms with Crippen LogP contribution in [0.15, 0.2) is 30.3 Å². The van der Waals surface area contributed by atoms with Crippen molar-refractivity contribution in [1.82, 2.24) is 0 Å². The van der Waals surface area contributed by atoms with Gasteiger partial charge in [-0.2, -0.15) is 0 Å². The minimum Gasteiger partial charge on any atom is -0.0614 e. The normalized spacial score (nSPS) is 10.7. The third-order valence-electron chi connectivity index (χ3n) is 2.41. The zero-order valence-electron chi connectivity index (χ0n) is 8.09. The molecule has 2 aromatic rings. The van der Waals surface area contributed by atoms with Crippen LogP contribution in [0.2, 0.25) is 0 Å². The van der Waals surface area contributed by atoms with Crippen LogP contribution in [0.3, 0.4) is 0 Å². The second-order valence-corrected chi connectivity index (χ2v) is 3.60. The molecule has 0 N–H and O–H groups in total. The number of fused-ring (bicyclic) bond motifs is 1. The molecule has 0 fully saturated rings. The van der Waals surface area contributed by atoms with Crippen LogP contribution in [0.25, 0.3) is 10.8 Å². The molecule has 0 aliphatic heterocycles. The number of hydrogen-bond acceptors (Lipinski definition) is 0. The van der Waals surface area contributed by atoms with E-state index in [1.807, 2.05) is 0 Å². The van der Waals surface area contributed by atoms with Crippen molar-refractivity contribution < 1.29 is 0 Å². The van der Waals surface area contributed by atoms with Gasteiger partial charge in [0, 0.05) is 0 Å². The Morgan fingerprint density at radius 3 is 2.62 bits per heavy atom. The largest absolute Gasteiger partial charge is 0.0614 e. The Balaban J connectivity index is 2.94. The van der Waals surface area contributed by atoms with Gasteiger partial charge in [0.15, 0.2) is 0 Å². The third kappa shape index (κ3) is 1.33. The first-order chi connectivity index (χ1) is 6.18. The van der Waals surface area contributed by atoms with Crippen LogP contribution in [0.5, 0.6) is 0 Å². The van der Waals surface area contributed by atoms with Gasteiger partial charge in [-0.05, 0) is 42.7 Å². The summed E-state index contributed by atoms with van der Waals surface area (Å²) in [7, 11) is 0. The van der Waals surface area contributed by atoms with E-state index in [1.54, 1.807) is 0 Å². The molecule has 0 saturated carbocycles. The summed E-state index contributed by atoms with van der Waals surface area (Å²) in [5, 5.41) is 2.60. The fourth-order valence-electron chi connectivity index (χ4n) is 1.88. The fourth-order valence-corrected chi connectivity index (χ4v) is 1.88. The van der Waals surface area contributed by atoms with Crippen molar-refractivity contribution in [3.05, 3.63) is 53.9 Å². The summed E-state index contributed by atoms with van der Waals surface area (Å²) in [5.74, 6) is 0. The summed E-state index contributed by atoms with van der Waals surface area (Å²) in [6.07, 6.45) is 0. The molecule has 0 aromatic heterocycles. The van der Waals surface area contributed by atoms with E-state index in [4.69, 9.17) is 0 Å². The summed E-state index contributed by atoms with van der Waals surface area (Å²) in [4.78, 5) is 0. The second kappa shape index (κ2) is 2.88. The zero-order valence-corrected chi connectivity index (χ0v) is 8.09. The van der Waals surface area contributed by atoms with Crippen molar-refractivity contribution in [1.29, 1.82) is 0 Å². The standard InChI is InChI=1S/C13H13/c1-9-7-11(3)13-10(2)5-4-6-12(13)8-9/h4-8H,3H2,1-2H3. The monoisotopic (exact) mass is 169 g/mol. The average molecular weight is 169 g/mol. The fraction of sp³-hybridized carbons (Fsp3) is 0.154. The summed E-state index contributed by atoms with van der Waals surface area (Å²) < 4.78 is 0. The molecule has 0 heteroatoms. The summed E-state index contributed by atoms with van der Waals surface area (Å²) >= 11 is 0. The molecule has 0 aliphatic carbocycles. The summed E-state index contributed by atoms with van der Waals surface area (Å²) in [6.45, 7) is 8.31. The molecule has 2 aromatic carbocycles. The van der Waals surface area contributed by atoms with Gasteiger partial charge in [0.1, 0.15) is 0 Å². The maximum atomic E-state index is 4.07. The highest BCUT2D eigenvalue weighted by Crippen LogP contribution is 2.23. The second-order valence-electron chi connectivity index (χ2n) is 3.60. The van der Waals surface area contributed by atoms with Crippen LogP contribution in [0, 0.1) is 20.8 Å². The zero-order chi connectivity index (χ0) is 9.42. The Kier molecular flexibility index (Phi) is 1.84. The van der Waals surface area contributed by atoms with Crippen molar-refractivity contribution >= 4 is 10.8 Å².